The Morgan fingerprint density at radius 1 is 1.11 bits per heavy atom. The van der Waals surface area contributed by atoms with Gasteiger partial charge < -0.3 is 4.74 Å². The molecule has 2 rings (SSSR count). The summed E-state index contributed by atoms with van der Waals surface area (Å²) in [5.74, 6) is 0.160. The molecule has 0 aliphatic rings. The van der Waals surface area contributed by atoms with Gasteiger partial charge in [0.15, 0.2) is 11.7 Å². The van der Waals surface area contributed by atoms with Crippen molar-refractivity contribution in [2.75, 3.05) is 6.61 Å². The third-order valence-corrected chi connectivity index (χ3v) is 4.66. The van der Waals surface area contributed by atoms with Gasteiger partial charge in [-0.1, -0.05) is 37.6 Å². The molecule has 2 aromatic carbocycles. The number of carbonyl (C=O) groups excluding carboxylic acids is 2. The molecular weight excluding hydrogens is 442 g/mol. The summed E-state index contributed by atoms with van der Waals surface area (Å²) in [7, 11) is 0. The number of carbonyl (C=O) groups is 2. The van der Waals surface area contributed by atoms with Gasteiger partial charge in [0.05, 0.1) is 4.47 Å². The van der Waals surface area contributed by atoms with E-state index in [9.17, 15) is 9.59 Å². The van der Waals surface area contributed by atoms with Crippen LogP contribution in [-0.2, 0) is 4.79 Å². The molecule has 6 nitrogen and oxygen atoms in total. The molecule has 0 spiro atoms. The van der Waals surface area contributed by atoms with Crippen molar-refractivity contribution in [2.45, 2.75) is 26.7 Å². The van der Waals surface area contributed by atoms with Gasteiger partial charge >= 0.3 is 0 Å². The Balaban J connectivity index is 1.76. The highest BCUT2D eigenvalue weighted by Crippen LogP contribution is 2.28. The van der Waals surface area contributed by atoms with E-state index in [-0.39, 0.29) is 17.6 Å². The molecule has 0 aliphatic heterocycles. The second kappa shape index (κ2) is 10.2. The number of rotatable bonds is 5. The predicted octanol–water partition coefficient (Wildman–Crippen LogP) is 3.60. The second-order valence-electron chi connectivity index (χ2n) is 6.46. The smallest absolute Gasteiger partial charge is 0.276 e. The highest BCUT2D eigenvalue weighted by atomic mass is 79.9. The molecule has 3 N–H and O–H groups in total. The number of hydrogen-bond donors (Lipinski definition) is 3. The van der Waals surface area contributed by atoms with Gasteiger partial charge in [0.2, 0.25) is 0 Å². The number of benzene rings is 2. The summed E-state index contributed by atoms with van der Waals surface area (Å²) in [5, 5.41) is 2.48. The number of hydrazine groups is 1. The van der Waals surface area contributed by atoms with Crippen LogP contribution in [0.2, 0.25) is 0 Å². The Hall–Kier alpha value is -2.45. The van der Waals surface area contributed by atoms with E-state index in [1.54, 1.807) is 12.1 Å². The molecule has 0 bridgehead atoms. The summed E-state index contributed by atoms with van der Waals surface area (Å²) in [5.41, 5.74) is 7.55. The Morgan fingerprint density at radius 3 is 2.39 bits per heavy atom. The van der Waals surface area contributed by atoms with Crippen LogP contribution in [0.4, 0.5) is 0 Å². The molecule has 28 heavy (non-hydrogen) atoms. The van der Waals surface area contributed by atoms with Crippen LogP contribution in [0.25, 0.3) is 0 Å². The van der Waals surface area contributed by atoms with Gasteiger partial charge in [0.1, 0.15) is 5.75 Å². The zero-order valence-electron chi connectivity index (χ0n) is 15.8. The van der Waals surface area contributed by atoms with Crippen LogP contribution in [0.3, 0.4) is 0 Å². The Kier molecular flexibility index (Phi) is 7.95. The maximum absolute atomic E-state index is 12.1. The molecule has 0 atom stereocenters. The monoisotopic (exact) mass is 463 g/mol. The molecule has 0 radical (unpaired) electrons. The first-order valence-electron chi connectivity index (χ1n) is 8.65. The first kappa shape index (κ1) is 21.8. The van der Waals surface area contributed by atoms with Gasteiger partial charge in [-0.2, -0.15) is 0 Å². The minimum atomic E-state index is -0.438. The van der Waals surface area contributed by atoms with Gasteiger partial charge in [-0.3, -0.25) is 25.8 Å². The van der Waals surface area contributed by atoms with Crippen LogP contribution in [-0.4, -0.2) is 23.5 Å². The fourth-order valence-corrected chi connectivity index (χ4v) is 2.87. The normalized spacial score (nSPS) is 10.3. The van der Waals surface area contributed by atoms with Gasteiger partial charge in [-0.25, -0.2) is 0 Å². The number of nitrogens with one attached hydrogen (secondary N) is 3. The van der Waals surface area contributed by atoms with Crippen molar-refractivity contribution in [3.8, 4) is 5.75 Å². The Bertz CT molecular complexity index is 869. The number of thiocarbonyl (C=S) groups is 1. The van der Waals surface area contributed by atoms with Crippen LogP contribution in [0.5, 0.6) is 5.75 Å². The minimum Gasteiger partial charge on any atom is -0.483 e. The third-order valence-electron chi connectivity index (χ3n) is 3.84. The lowest BCUT2D eigenvalue weighted by Gasteiger charge is -2.13. The second-order valence-corrected chi connectivity index (χ2v) is 7.72. The van der Waals surface area contributed by atoms with Gasteiger partial charge in [-0.15, -0.1) is 0 Å². The highest BCUT2D eigenvalue weighted by Gasteiger charge is 2.10. The number of amides is 2. The van der Waals surface area contributed by atoms with E-state index >= 15 is 0 Å². The fourth-order valence-electron chi connectivity index (χ4n) is 2.21. The SMILES string of the molecule is Cc1ccc(C(=O)NC(=S)NNC(=O)COc2ccc(C(C)C)cc2Br)cc1. The lowest BCUT2D eigenvalue weighted by molar-refractivity contribution is -0.123. The molecule has 2 aromatic rings. The third kappa shape index (κ3) is 6.61. The van der Waals surface area contributed by atoms with E-state index in [1.165, 1.54) is 5.56 Å². The summed E-state index contributed by atoms with van der Waals surface area (Å²) in [6.07, 6.45) is 0. The van der Waals surface area contributed by atoms with E-state index in [1.807, 2.05) is 37.3 Å². The van der Waals surface area contributed by atoms with Crippen LogP contribution < -0.4 is 20.9 Å². The molecule has 8 heteroatoms. The molecule has 0 saturated heterocycles. The molecule has 148 valence electrons. The Morgan fingerprint density at radius 2 is 1.79 bits per heavy atom. The number of aryl methyl sites for hydroxylation is 1. The van der Waals surface area contributed by atoms with Gasteiger partial charge in [0.25, 0.3) is 11.8 Å². The van der Waals surface area contributed by atoms with Gasteiger partial charge in [-0.05, 0) is 70.8 Å². The van der Waals surface area contributed by atoms with Crippen molar-refractivity contribution < 1.29 is 14.3 Å². The molecule has 0 saturated carbocycles. The first-order chi connectivity index (χ1) is 13.3. The summed E-state index contributed by atoms with van der Waals surface area (Å²) in [4.78, 5) is 24.0. The van der Waals surface area contributed by atoms with Crippen molar-refractivity contribution in [3.05, 3.63) is 63.6 Å². The fraction of sp³-hybridized carbons (Fsp3) is 0.250. The van der Waals surface area contributed by atoms with E-state index in [0.29, 0.717) is 17.2 Å². The van der Waals surface area contributed by atoms with E-state index < -0.39 is 5.91 Å². The summed E-state index contributed by atoms with van der Waals surface area (Å²) in [6, 6.07) is 12.8. The topological polar surface area (TPSA) is 79.5 Å². The summed E-state index contributed by atoms with van der Waals surface area (Å²) >= 11 is 8.45. The van der Waals surface area contributed by atoms with Crippen molar-refractivity contribution >= 4 is 45.1 Å². The zero-order chi connectivity index (χ0) is 20.7. The van der Waals surface area contributed by atoms with Crippen molar-refractivity contribution in [3.63, 3.8) is 0 Å². The van der Waals surface area contributed by atoms with Crippen LogP contribution in [0.15, 0.2) is 46.9 Å². The van der Waals surface area contributed by atoms with Crippen molar-refractivity contribution in [2.24, 2.45) is 0 Å². The number of hydrogen-bond acceptors (Lipinski definition) is 4. The van der Waals surface area contributed by atoms with E-state index in [4.69, 9.17) is 17.0 Å². The van der Waals surface area contributed by atoms with Crippen LogP contribution >= 0.6 is 28.1 Å². The van der Waals surface area contributed by atoms with Crippen LogP contribution in [0, 0.1) is 6.92 Å². The summed E-state index contributed by atoms with van der Waals surface area (Å²) in [6.45, 7) is 5.92. The standard InChI is InChI=1S/C20H22BrN3O3S/c1-12(2)15-8-9-17(16(21)10-15)27-11-18(25)23-24-20(28)22-19(26)14-6-4-13(3)5-7-14/h4-10,12H,11H2,1-3H3,(H,23,25)(H2,22,24,26,28). The molecule has 0 heterocycles. The largest absolute Gasteiger partial charge is 0.483 e. The lowest BCUT2D eigenvalue weighted by atomic mass is 10.0. The van der Waals surface area contributed by atoms with E-state index in [0.717, 1.165) is 10.0 Å². The number of halogens is 1. The average Bonchev–Trinajstić information content (AvgIpc) is 2.65. The zero-order valence-corrected chi connectivity index (χ0v) is 18.2. The quantitative estimate of drug-likeness (QED) is 0.466. The molecule has 0 fully saturated rings. The molecule has 0 aromatic heterocycles. The average molecular weight is 464 g/mol. The minimum absolute atomic E-state index is 0.0126. The highest BCUT2D eigenvalue weighted by molar-refractivity contribution is 9.10. The van der Waals surface area contributed by atoms with Gasteiger partial charge in [0, 0.05) is 5.56 Å². The molecule has 0 unspecified atom stereocenters. The van der Waals surface area contributed by atoms with Crippen molar-refractivity contribution in [1.82, 2.24) is 16.2 Å². The first-order valence-corrected chi connectivity index (χ1v) is 9.85. The molecule has 0 aliphatic carbocycles. The number of ether oxygens (including phenoxy) is 1. The van der Waals surface area contributed by atoms with Crippen molar-refractivity contribution in [1.29, 1.82) is 0 Å². The maximum Gasteiger partial charge on any atom is 0.276 e. The maximum atomic E-state index is 12.1. The molecule has 2 amide bonds. The predicted molar refractivity (Wildman–Crippen MR) is 116 cm³/mol. The molecular formula is C20H22BrN3O3S. The summed E-state index contributed by atoms with van der Waals surface area (Å²) < 4.78 is 6.28. The van der Waals surface area contributed by atoms with Crippen LogP contribution in [0.1, 0.15) is 41.3 Å². The van der Waals surface area contributed by atoms with E-state index in [2.05, 4.69) is 45.9 Å². The Labute approximate surface area is 178 Å². The lowest BCUT2D eigenvalue weighted by Crippen LogP contribution is -2.49.